The first-order valence-corrected chi connectivity index (χ1v) is 10.9. The molecule has 1 aliphatic heterocycles. The fraction of sp³-hybridized carbons (Fsp3) is 0.286. The van der Waals surface area contributed by atoms with Crippen LogP contribution in [-0.4, -0.2) is 37.9 Å². The maximum Gasteiger partial charge on any atom is 0.261 e. The first-order valence-electron chi connectivity index (χ1n) is 9.39. The molecule has 0 aliphatic carbocycles. The average Bonchev–Trinajstić information content (AvgIpc) is 3.20. The average molecular weight is 398 g/mol. The van der Waals surface area contributed by atoms with Gasteiger partial charge in [-0.3, -0.25) is 4.72 Å². The lowest BCUT2D eigenvalue weighted by molar-refractivity contribution is 0.149. The monoisotopic (exact) mass is 397 g/mol. The molecule has 1 aromatic heterocycles. The van der Waals surface area contributed by atoms with Crippen LogP contribution in [-0.2, 0) is 10.0 Å². The Morgan fingerprint density at radius 3 is 2.43 bits per heavy atom. The Morgan fingerprint density at radius 1 is 1.11 bits per heavy atom. The Kier molecular flexibility index (Phi) is 5.19. The molecule has 1 N–H and O–H groups in total. The Labute approximate surface area is 165 Å². The topological polar surface area (TPSA) is 75.4 Å². The van der Waals surface area contributed by atoms with Crippen molar-refractivity contribution in [3.05, 3.63) is 66.7 Å². The van der Waals surface area contributed by atoms with Crippen molar-refractivity contribution in [2.75, 3.05) is 24.4 Å². The number of oxazole rings is 1. The van der Waals surface area contributed by atoms with Gasteiger partial charge in [0.25, 0.3) is 10.0 Å². The van der Waals surface area contributed by atoms with Crippen LogP contribution in [0.4, 0.5) is 5.69 Å². The molecule has 0 radical (unpaired) electrons. The van der Waals surface area contributed by atoms with E-state index < -0.39 is 10.0 Å². The molecule has 0 amide bonds. The second-order valence-electron chi connectivity index (χ2n) is 7.07. The van der Waals surface area contributed by atoms with Gasteiger partial charge in [-0.2, -0.15) is 0 Å². The lowest BCUT2D eigenvalue weighted by Gasteiger charge is -2.39. The minimum absolute atomic E-state index is 0.203. The second kappa shape index (κ2) is 7.77. The molecule has 7 heteroatoms. The lowest BCUT2D eigenvalue weighted by Crippen LogP contribution is -2.45. The molecule has 0 atom stereocenters. The van der Waals surface area contributed by atoms with Crippen LogP contribution >= 0.6 is 0 Å². The largest absolute Gasteiger partial charge is 0.444 e. The summed E-state index contributed by atoms with van der Waals surface area (Å²) in [6.45, 7) is 5.49. The van der Waals surface area contributed by atoms with E-state index in [-0.39, 0.29) is 4.90 Å². The van der Waals surface area contributed by atoms with E-state index >= 15 is 0 Å². The van der Waals surface area contributed by atoms with Gasteiger partial charge in [0, 0.05) is 30.3 Å². The zero-order chi connectivity index (χ0) is 19.6. The van der Waals surface area contributed by atoms with E-state index in [0.29, 0.717) is 17.4 Å². The third-order valence-corrected chi connectivity index (χ3v) is 6.41. The molecule has 2 heterocycles. The van der Waals surface area contributed by atoms with E-state index in [1.807, 2.05) is 24.3 Å². The summed E-state index contributed by atoms with van der Waals surface area (Å²) in [4.78, 5) is 6.51. The number of hydrogen-bond acceptors (Lipinski definition) is 5. The maximum absolute atomic E-state index is 12.6. The normalized spacial score (nSPS) is 15.3. The predicted octanol–water partition coefficient (Wildman–Crippen LogP) is 3.95. The smallest absolute Gasteiger partial charge is 0.261 e. The molecule has 146 valence electrons. The van der Waals surface area contributed by atoms with Gasteiger partial charge in [0.1, 0.15) is 0 Å². The fourth-order valence-electron chi connectivity index (χ4n) is 3.47. The Morgan fingerprint density at radius 2 is 1.82 bits per heavy atom. The van der Waals surface area contributed by atoms with Crippen LogP contribution in [0.15, 0.2) is 70.4 Å². The van der Waals surface area contributed by atoms with Crippen molar-refractivity contribution in [2.24, 2.45) is 0 Å². The van der Waals surface area contributed by atoms with Crippen molar-refractivity contribution in [2.45, 2.75) is 24.2 Å². The summed E-state index contributed by atoms with van der Waals surface area (Å²) in [6, 6.07) is 14.2. The number of rotatable bonds is 7. The molecule has 6 nitrogen and oxygen atoms in total. The fourth-order valence-corrected chi connectivity index (χ4v) is 4.53. The highest BCUT2D eigenvalue weighted by molar-refractivity contribution is 7.92. The Bertz CT molecular complexity index is 1010. The number of benzene rings is 2. The van der Waals surface area contributed by atoms with Crippen LogP contribution in [0.1, 0.15) is 24.8 Å². The van der Waals surface area contributed by atoms with Gasteiger partial charge >= 0.3 is 0 Å². The van der Waals surface area contributed by atoms with Crippen molar-refractivity contribution in [3.63, 3.8) is 0 Å². The quantitative estimate of drug-likeness (QED) is 0.653. The number of nitrogens with one attached hydrogen (secondary N) is 1. The van der Waals surface area contributed by atoms with Crippen LogP contribution < -0.4 is 4.72 Å². The molecule has 0 unspecified atom stereocenters. The highest BCUT2D eigenvalue weighted by atomic mass is 32.2. The Hall–Kier alpha value is -2.64. The van der Waals surface area contributed by atoms with Crippen LogP contribution in [0.3, 0.4) is 0 Å². The minimum Gasteiger partial charge on any atom is -0.444 e. The first-order chi connectivity index (χ1) is 13.5. The number of anilines is 1. The van der Waals surface area contributed by atoms with Gasteiger partial charge in [-0.25, -0.2) is 13.4 Å². The number of hydrogen-bond donors (Lipinski definition) is 1. The maximum atomic E-state index is 12.6. The van der Waals surface area contributed by atoms with Crippen LogP contribution in [0.25, 0.3) is 11.3 Å². The number of aromatic nitrogens is 1. The third kappa shape index (κ3) is 3.95. The lowest BCUT2D eigenvalue weighted by atomic mass is 9.91. The van der Waals surface area contributed by atoms with Crippen LogP contribution in [0, 0.1) is 0 Å². The molecular weight excluding hydrogens is 374 g/mol. The molecule has 0 spiro atoms. The van der Waals surface area contributed by atoms with E-state index in [1.165, 1.54) is 18.4 Å². The molecule has 0 bridgehead atoms. The summed E-state index contributed by atoms with van der Waals surface area (Å²) >= 11 is 0. The van der Waals surface area contributed by atoms with Gasteiger partial charge in [-0.15, -0.1) is 0 Å². The number of sulfonamides is 1. The summed E-state index contributed by atoms with van der Waals surface area (Å²) in [5.41, 5.74) is 2.60. The van der Waals surface area contributed by atoms with Crippen molar-refractivity contribution in [1.82, 2.24) is 9.88 Å². The molecule has 4 rings (SSSR count). The van der Waals surface area contributed by atoms with Crippen LogP contribution in [0.5, 0.6) is 0 Å². The molecule has 1 aliphatic rings. The van der Waals surface area contributed by atoms with E-state index in [1.54, 1.807) is 30.5 Å². The van der Waals surface area contributed by atoms with Gasteiger partial charge in [-0.1, -0.05) is 19.1 Å². The first kappa shape index (κ1) is 18.7. The molecule has 2 aromatic carbocycles. The highest BCUT2D eigenvalue weighted by Crippen LogP contribution is 2.28. The molecular formula is C21H23N3O3S. The molecule has 3 aromatic rings. The van der Waals surface area contributed by atoms with Crippen molar-refractivity contribution in [1.29, 1.82) is 0 Å². The van der Waals surface area contributed by atoms with Gasteiger partial charge < -0.3 is 9.32 Å². The molecule has 1 saturated heterocycles. The van der Waals surface area contributed by atoms with Gasteiger partial charge in [0.15, 0.2) is 12.2 Å². The molecule has 0 saturated carbocycles. The summed E-state index contributed by atoms with van der Waals surface area (Å²) in [5.74, 6) is 1.14. The number of likely N-dealkylation sites (tertiary alicyclic amines) is 1. The van der Waals surface area contributed by atoms with E-state index in [4.69, 9.17) is 4.42 Å². The number of nitrogens with zero attached hydrogens (tertiary/aromatic N) is 2. The molecule has 1 fully saturated rings. The zero-order valence-corrected chi connectivity index (χ0v) is 16.5. The van der Waals surface area contributed by atoms with E-state index in [0.717, 1.165) is 25.2 Å². The molecule has 28 heavy (non-hydrogen) atoms. The summed E-state index contributed by atoms with van der Waals surface area (Å²) in [5, 5.41) is 0. The summed E-state index contributed by atoms with van der Waals surface area (Å²) in [7, 11) is -3.64. The predicted molar refractivity (Wildman–Crippen MR) is 109 cm³/mol. The van der Waals surface area contributed by atoms with Crippen molar-refractivity contribution in [3.8, 4) is 11.3 Å². The minimum atomic E-state index is -3.64. The standard InChI is InChI=1S/C21H23N3O3S/c1-2-11-24-13-18(14-24)16-3-7-19(8-4-16)23-28(25,26)20-9-5-17(6-10-20)21-12-22-15-27-21/h3-10,12,15,18,23H,2,11,13-14H2,1H3. The summed E-state index contributed by atoms with van der Waals surface area (Å²) in [6.07, 6.45) is 4.11. The Balaban J connectivity index is 1.42. The SMILES string of the molecule is CCCN1CC(c2ccc(NS(=O)(=O)c3ccc(-c4cnco4)cc3)cc2)C1. The third-order valence-electron chi connectivity index (χ3n) is 5.01. The van der Waals surface area contributed by atoms with E-state index in [9.17, 15) is 8.42 Å². The van der Waals surface area contributed by atoms with Crippen molar-refractivity contribution < 1.29 is 12.8 Å². The van der Waals surface area contributed by atoms with Gasteiger partial charge in [-0.05, 0) is 54.9 Å². The highest BCUT2D eigenvalue weighted by Gasteiger charge is 2.27. The summed E-state index contributed by atoms with van der Waals surface area (Å²) < 4.78 is 33.2. The van der Waals surface area contributed by atoms with Gasteiger partial charge in [0.05, 0.1) is 11.1 Å². The van der Waals surface area contributed by atoms with Gasteiger partial charge in [0.2, 0.25) is 0 Å². The van der Waals surface area contributed by atoms with Crippen molar-refractivity contribution >= 4 is 15.7 Å². The van der Waals surface area contributed by atoms with Crippen LogP contribution in [0.2, 0.25) is 0 Å². The second-order valence-corrected chi connectivity index (χ2v) is 8.76. The zero-order valence-electron chi connectivity index (χ0n) is 15.7. The van der Waals surface area contributed by atoms with E-state index in [2.05, 4.69) is 21.5 Å².